The van der Waals surface area contributed by atoms with Crippen molar-refractivity contribution >= 4 is 0 Å². The van der Waals surface area contributed by atoms with Gasteiger partial charge >= 0.3 is 0 Å². The molecule has 0 spiro atoms. The average Bonchev–Trinajstić information content (AvgIpc) is 2.58. The molecule has 4 nitrogen and oxygen atoms in total. The van der Waals surface area contributed by atoms with Crippen LogP contribution in [0.25, 0.3) is 0 Å². The molecule has 0 bridgehead atoms. The Labute approximate surface area is 85.3 Å². The second-order valence-corrected chi connectivity index (χ2v) is 3.87. The highest BCUT2D eigenvalue weighted by Gasteiger charge is 2.21. The van der Waals surface area contributed by atoms with E-state index < -0.39 is 0 Å². The van der Waals surface area contributed by atoms with E-state index in [-0.39, 0.29) is 12.7 Å². The molecule has 2 atom stereocenters. The van der Waals surface area contributed by atoms with Crippen molar-refractivity contribution in [2.75, 3.05) is 32.9 Å². The van der Waals surface area contributed by atoms with Crippen molar-refractivity contribution in [2.45, 2.75) is 25.4 Å². The highest BCUT2D eigenvalue weighted by Crippen LogP contribution is 2.24. The number of rotatable bonds is 7. The average molecular weight is 203 g/mol. The first kappa shape index (κ1) is 11.9. The number of nitrogens with one attached hydrogen (secondary N) is 1. The minimum absolute atomic E-state index is 0.0764. The van der Waals surface area contributed by atoms with E-state index in [1.165, 1.54) is 0 Å². The van der Waals surface area contributed by atoms with Crippen LogP contribution in [0.4, 0.5) is 0 Å². The second kappa shape index (κ2) is 7.17. The Hall–Kier alpha value is -0.160. The van der Waals surface area contributed by atoms with E-state index >= 15 is 0 Å². The second-order valence-electron chi connectivity index (χ2n) is 3.87. The first-order chi connectivity index (χ1) is 6.83. The molecule has 1 rings (SSSR count). The molecule has 0 aromatic carbocycles. The van der Waals surface area contributed by atoms with Crippen LogP contribution in [0.5, 0.6) is 0 Å². The molecule has 1 aliphatic carbocycles. The Morgan fingerprint density at radius 1 is 1.29 bits per heavy atom. The summed E-state index contributed by atoms with van der Waals surface area (Å²) in [6, 6.07) is 0. The molecule has 3 N–H and O–H groups in total. The van der Waals surface area contributed by atoms with E-state index in [9.17, 15) is 5.11 Å². The Bertz CT molecular complexity index is 143. The van der Waals surface area contributed by atoms with Gasteiger partial charge in [-0.1, -0.05) is 0 Å². The number of aliphatic hydroxyl groups is 2. The quantitative estimate of drug-likeness (QED) is 0.499. The third-order valence-electron chi connectivity index (χ3n) is 2.61. The van der Waals surface area contributed by atoms with Gasteiger partial charge in [-0.2, -0.15) is 0 Å². The maximum Gasteiger partial charge on any atom is 0.0698 e. The molecule has 0 aliphatic heterocycles. The summed E-state index contributed by atoms with van der Waals surface area (Å²) in [4.78, 5) is 0. The summed E-state index contributed by atoms with van der Waals surface area (Å²) in [5.41, 5.74) is 0. The van der Waals surface area contributed by atoms with Gasteiger partial charge in [-0.15, -0.1) is 0 Å². The van der Waals surface area contributed by atoms with Crippen LogP contribution in [0.1, 0.15) is 19.3 Å². The summed E-state index contributed by atoms with van der Waals surface area (Å²) in [5, 5.41) is 21.0. The maximum absolute atomic E-state index is 9.29. The van der Waals surface area contributed by atoms with Crippen LogP contribution in [-0.2, 0) is 4.74 Å². The molecule has 0 amide bonds. The SMILES string of the molecule is OCCOCCNCC1CCC(O)C1. The van der Waals surface area contributed by atoms with Crippen molar-refractivity contribution in [1.82, 2.24) is 5.32 Å². The van der Waals surface area contributed by atoms with Crippen molar-refractivity contribution in [3.05, 3.63) is 0 Å². The van der Waals surface area contributed by atoms with E-state index in [1.807, 2.05) is 0 Å². The summed E-state index contributed by atoms with van der Waals surface area (Å²) >= 11 is 0. The Balaban J connectivity index is 1.84. The molecular formula is C10H21NO3. The van der Waals surface area contributed by atoms with Gasteiger partial charge in [0.05, 0.1) is 25.9 Å². The molecule has 1 fully saturated rings. The van der Waals surface area contributed by atoms with Crippen molar-refractivity contribution in [3.8, 4) is 0 Å². The third-order valence-corrected chi connectivity index (χ3v) is 2.61. The van der Waals surface area contributed by atoms with Gasteiger partial charge in [-0.25, -0.2) is 0 Å². The molecule has 0 radical (unpaired) electrons. The summed E-state index contributed by atoms with van der Waals surface area (Å²) in [7, 11) is 0. The lowest BCUT2D eigenvalue weighted by molar-refractivity contribution is 0.0933. The predicted octanol–water partition coefficient (Wildman–Crippen LogP) is -0.254. The van der Waals surface area contributed by atoms with E-state index in [1.54, 1.807) is 0 Å². The zero-order chi connectivity index (χ0) is 10.2. The summed E-state index contributed by atoms with van der Waals surface area (Å²) < 4.78 is 5.11. The van der Waals surface area contributed by atoms with Crippen LogP contribution in [0.15, 0.2) is 0 Å². The van der Waals surface area contributed by atoms with Crippen LogP contribution < -0.4 is 5.32 Å². The molecule has 4 heteroatoms. The molecule has 0 aromatic heterocycles. The standard InChI is InChI=1S/C10H21NO3/c12-4-6-14-5-3-11-8-9-1-2-10(13)7-9/h9-13H,1-8H2. The molecule has 14 heavy (non-hydrogen) atoms. The number of aliphatic hydroxyl groups excluding tert-OH is 2. The van der Waals surface area contributed by atoms with E-state index in [4.69, 9.17) is 9.84 Å². The molecular weight excluding hydrogens is 182 g/mol. The molecule has 1 saturated carbocycles. The van der Waals surface area contributed by atoms with Crippen LogP contribution in [-0.4, -0.2) is 49.2 Å². The van der Waals surface area contributed by atoms with Crippen LogP contribution in [0, 0.1) is 5.92 Å². The first-order valence-electron chi connectivity index (χ1n) is 5.40. The summed E-state index contributed by atoms with van der Waals surface area (Å²) in [6.45, 7) is 2.96. The third kappa shape index (κ3) is 4.91. The van der Waals surface area contributed by atoms with Gasteiger partial charge in [0.25, 0.3) is 0 Å². The molecule has 1 aliphatic rings. The monoisotopic (exact) mass is 203 g/mol. The van der Waals surface area contributed by atoms with Crippen molar-refractivity contribution < 1.29 is 14.9 Å². The van der Waals surface area contributed by atoms with Gasteiger partial charge in [0.2, 0.25) is 0 Å². The predicted molar refractivity (Wildman–Crippen MR) is 54.1 cm³/mol. The normalized spacial score (nSPS) is 27.0. The van der Waals surface area contributed by atoms with Gasteiger partial charge in [-0.05, 0) is 31.7 Å². The number of hydrogen-bond donors (Lipinski definition) is 3. The minimum atomic E-state index is -0.0764. The van der Waals surface area contributed by atoms with Crippen LogP contribution in [0.2, 0.25) is 0 Å². The molecule has 0 aromatic rings. The Morgan fingerprint density at radius 2 is 2.14 bits per heavy atom. The van der Waals surface area contributed by atoms with Gasteiger partial charge in [0.15, 0.2) is 0 Å². The van der Waals surface area contributed by atoms with Crippen molar-refractivity contribution in [2.24, 2.45) is 5.92 Å². The molecule has 84 valence electrons. The van der Waals surface area contributed by atoms with Gasteiger partial charge in [0.1, 0.15) is 0 Å². The summed E-state index contributed by atoms with van der Waals surface area (Å²) in [6.07, 6.45) is 2.94. The fraction of sp³-hybridized carbons (Fsp3) is 1.00. The largest absolute Gasteiger partial charge is 0.394 e. The lowest BCUT2D eigenvalue weighted by Crippen LogP contribution is -2.26. The first-order valence-corrected chi connectivity index (χ1v) is 5.40. The Kier molecular flexibility index (Phi) is 6.10. The van der Waals surface area contributed by atoms with Crippen molar-refractivity contribution in [3.63, 3.8) is 0 Å². The molecule has 0 heterocycles. The highest BCUT2D eigenvalue weighted by atomic mass is 16.5. The molecule has 0 saturated heterocycles. The topological polar surface area (TPSA) is 61.7 Å². The number of hydrogen-bond acceptors (Lipinski definition) is 4. The lowest BCUT2D eigenvalue weighted by atomic mass is 10.1. The molecule has 2 unspecified atom stereocenters. The van der Waals surface area contributed by atoms with E-state index in [0.717, 1.165) is 32.4 Å². The van der Waals surface area contributed by atoms with E-state index in [0.29, 0.717) is 19.1 Å². The zero-order valence-corrected chi connectivity index (χ0v) is 8.61. The van der Waals surface area contributed by atoms with Gasteiger partial charge in [0, 0.05) is 6.54 Å². The minimum Gasteiger partial charge on any atom is -0.394 e. The fourth-order valence-corrected chi connectivity index (χ4v) is 1.85. The maximum atomic E-state index is 9.29. The zero-order valence-electron chi connectivity index (χ0n) is 8.61. The smallest absolute Gasteiger partial charge is 0.0698 e. The highest BCUT2D eigenvalue weighted by molar-refractivity contribution is 4.75. The fourth-order valence-electron chi connectivity index (χ4n) is 1.85. The van der Waals surface area contributed by atoms with E-state index in [2.05, 4.69) is 5.32 Å². The lowest BCUT2D eigenvalue weighted by Gasteiger charge is -2.10. The summed E-state index contributed by atoms with van der Waals surface area (Å²) in [5.74, 6) is 0.628. The van der Waals surface area contributed by atoms with Gasteiger partial charge < -0.3 is 20.3 Å². The number of ether oxygens (including phenoxy) is 1. The van der Waals surface area contributed by atoms with Crippen molar-refractivity contribution in [1.29, 1.82) is 0 Å². The van der Waals surface area contributed by atoms with Gasteiger partial charge in [-0.3, -0.25) is 0 Å². The van der Waals surface area contributed by atoms with Crippen LogP contribution in [0.3, 0.4) is 0 Å². The van der Waals surface area contributed by atoms with Crippen LogP contribution >= 0.6 is 0 Å². The Morgan fingerprint density at radius 3 is 2.79 bits per heavy atom.